The van der Waals surface area contributed by atoms with Gasteiger partial charge in [-0.15, -0.1) is 0 Å². The number of hydrogen-bond donors (Lipinski definition) is 1. The molecule has 21 heavy (non-hydrogen) atoms. The van der Waals surface area contributed by atoms with E-state index in [2.05, 4.69) is 14.9 Å². The topological polar surface area (TPSA) is 80.3 Å². The highest BCUT2D eigenvalue weighted by atomic mass is 16.2. The average molecular weight is 286 g/mol. The van der Waals surface area contributed by atoms with E-state index in [-0.39, 0.29) is 5.91 Å². The Labute approximate surface area is 123 Å². The van der Waals surface area contributed by atoms with Crippen molar-refractivity contribution >= 4 is 17.5 Å². The fraction of sp³-hybridized carbons (Fsp3) is 0.357. The summed E-state index contributed by atoms with van der Waals surface area (Å²) in [5.41, 5.74) is 6.96. The van der Waals surface area contributed by atoms with Crippen LogP contribution < -0.4 is 10.6 Å². The molecule has 1 saturated heterocycles. The van der Waals surface area contributed by atoms with E-state index in [0.29, 0.717) is 30.4 Å². The van der Waals surface area contributed by atoms with E-state index in [4.69, 9.17) is 5.73 Å². The number of nitrogens with two attached hydrogens (primary N) is 1. The Hall–Kier alpha value is -2.57. The van der Waals surface area contributed by atoms with Gasteiger partial charge in [-0.3, -0.25) is 4.79 Å². The summed E-state index contributed by atoms with van der Waals surface area (Å²) < 4.78 is 1.77. The van der Waals surface area contributed by atoms with Crippen LogP contribution in [-0.4, -0.2) is 51.5 Å². The lowest BCUT2D eigenvalue weighted by molar-refractivity contribution is 0.0736. The van der Waals surface area contributed by atoms with Gasteiger partial charge < -0.3 is 20.1 Å². The van der Waals surface area contributed by atoms with Gasteiger partial charge in [0.1, 0.15) is 5.69 Å². The summed E-state index contributed by atoms with van der Waals surface area (Å²) in [7, 11) is 1.83. The van der Waals surface area contributed by atoms with Gasteiger partial charge >= 0.3 is 0 Å². The summed E-state index contributed by atoms with van der Waals surface area (Å²) in [5.74, 6) is 0.732. The van der Waals surface area contributed by atoms with Gasteiger partial charge in [-0.25, -0.2) is 9.97 Å². The van der Waals surface area contributed by atoms with Crippen LogP contribution in [0.1, 0.15) is 10.5 Å². The fourth-order valence-electron chi connectivity index (χ4n) is 2.53. The van der Waals surface area contributed by atoms with Crippen LogP contribution in [0, 0.1) is 0 Å². The first-order valence-corrected chi connectivity index (χ1v) is 6.88. The first kappa shape index (κ1) is 13.4. The van der Waals surface area contributed by atoms with E-state index in [9.17, 15) is 4.79 Å². The Balaban J connectivity index is 1.66. The third kappa shape index (κ3) is 2.67. The van der Waals surface area contributed by atoms with Crippen molar-refractivity contribution in [3.05, 3.63) is 36.4 Å². The summed E-state index contributed by atoms with van der Waals surface area (Å²) in [5, 5.41) is 0. The number of rotatable bonds is 2. The van der Waals surface area contributed by atoms with E-state index in [0.717, 1.165) is 13.1 Å². The lowest BCUT2D eigenvalue weighted by Gasteiger charge is -2.34. The molecule has 0 bridgehead atoms. The van der Waals surface area contributed by atoms with Crippen LogP contribution in [-0.2, 0) is 7.05 Å². The molecule has 2 aromatic heterocycles. The number of nitrogens with zero attached hydrogens (tertiary/aromatic N) is 5. The lowest BCUT2D eigenvalue weighted by Crippen LogP contribution is -2.49. The Morgan fingerprint density at radius 1 is 1.19 bits per heavy atom. The minimum atomic E-state index is 0.0165. The molecule has 2 N–H and O–H groups in total. The Kier molecular flexibility index (Phi) is 3.47. The number of nitrogen functional groups attached to an aromatic ring is 1. The van der Waals surface area contributed by atoms with Crippen LogP contribution in [0.2, 0.25) is 0 Å². The Morgan fingerprint density at radius 3 is 2.43 bits per heavy atom. The van der Waals surface area contributed by atoms with Gasteiger partial charge in [-0.05, 0) is 12.1 Å². The number of hydrogen-bond acceptors (Lipinski definition) is 5. The first-order chi connectivity index (χ1) is 10.1. The number of carbonyl (C=O) groups excluding carboxylic acids is 1. The highest BCUT2D eigenvalue weighted by molar-refractivity contribution is 5.94. The molecule has 3 heterocycles. The number of carbonyl (C=O) groups is 1. The molecule has 1 amide bonds. The van der Waals surface area contributed by atoms with Crippen molar-refractivity contribution in [2.45, 2.75) is 0 Å². The third-order valence-electron chi connectivity index (χ3n) is 3.65. The summed E-state index contributed by atoms with van der Waals surface area (Å²) in [4.78, 5) is 24.9. The van der Waals surface area contributed by atoms with E-state index >= 15 is 0 Å². The predicted octanol–water partition coefficient (Wildman–Crippen LogP) is 0.360. The minimum absolute atomic E-state index is 0.0165. The van der Waals surface area contributed by atoms with Crippen molar-refractivity contribution < 1.29 is 4.79 Å². The summed E-state index contributed by atoms with van der Waals surface area (Å²) >= 11 is 0. The zero-order valence-electron chi connectivity index (χ0n) is 11.9. The zero-order chi connectivity index (χ0) is 14.8. The molecular weight excluding hydrogens is 268 g/mol. The predicted molar refractivity (Wildman–Crippen MR) is 80.0 cm³/mol. The van der Waals surface area contributed by atoms with Gasteiger partial charge in [0.25, 0.3) is 5.91 Å². The summed E-state index contributed by atoms with van der Waals surface area (Å²) in [6, 6.07) is 3.51. The van der Waals surface area contributed by atoms with Crippen molar-refractivity contribution in [1.82, 2.24) is 19.4 Å². The molecule has 0 aromatic carbocycles. The Morgan fingerprint density at radius 2 is 1.86 bits per heavy atom. The molecule has 0 aliphatic carbocycles. The van der Waals surface area contributed by atoms with Gasteiger partial charge in [-0.2, -0.15) is 0 Å². The van der Waals surface area contributed by atoms with Crippen LogP contribution in [0.15, 0.2) is 30.7 Å². The van der Waals surface area contributed by atoms with Crippen molar-refractivity contribution in [2.75, 3.05) is 36.8 Å². The average Bonchev–Trinajstić information content (AvgIpc) is 2.86. The van der Waals surface area contributed by atoms with Gasteiger partial charge in [0.15, 0.2) is 0 Å². The van der Waals surface area contributed by atoms with Crippen molar-refractivity contribution in [1.29, 1.82) is 0 Å². The van der Waals surface area contributed by atoms with Crippen LogP contribution in [0.25, 0.3) is 0 Å². The molecule has 110 valence electrons. The number of anilines is 2. The van der Waals surface area contributed by atoms with Gasteiger partial charge in [0.2, 0.25) is 5.95 Å². The molecule has 1 aliphatic heterocycles. The van der Waals surface area contributed by atoms with Gasteiger partial charge in [-0.1, -0.05) is 0 Å². The lowest BCUT2D eigenvalue weighted by atomic mass is 10.3. The van der Waals surface area contributed by atoms with Crippen LogP contribution >= 0.6 is 0 Å². The number of piperazine rings is 1. The molecule has 0 saturated carbocycles. The zero-order valence-corrected chi connectivity index (χ0v) is 11.9. The first-order valence-electron chi connectivity index (χ1n) is 6.88. The highest BCUT2D eigenvalue weighted by Gasteiger charge is 2.24. The maximum Gasteiger partial charge on any atom is 0.270 e. The van der Waals surface area contributed by atoms with Crippen LogP contribution in [0.3, 0.4) is 0 Å². The van der Waals surface area contributed by atoms with E-state index in [1.165, 1.54) is 0 Å². The fourth-order valence-corrected chi connectivity index (χ4v) is 2.53. The van der Waals surface area contributed by atoms with Crippen LogP contribution in [0.4, 0.5) is 11.6 Å². The Bertz CT molecular complexity index is 630. The molecular formula is C14H18N6O. The van der Waals surface area contributed by atoms with E-state index in [1.54, 1.807) is 35.3 Å². The quantitative estimate of drug-likeness (QED) is 0.862. The standard InChI is InChI=1S/C14H18N6O/c1-18-10-11(15)9-12(18)13(21)19-5-7-20(8-6-19)14-16-3-2-4-17-14/h2-4,9-10H,5-8,15H2,1H3. The summed E-state index contributed by atoms with van der Waals surface area (Å²) in [6.07, 6.45) is 5.21. The van der Waals surface area contributed by atoms with Gasteiger partial charge in [0.05, 0.1) is 5.69 Å². The largest absolute Gasteiger partial charge is 0.397 e. The van der Waals surface area contributed by atoms with E-state index < -0.39 is 0 Å². The second kappa shape index (κ2) is 5.43. The molecule has 0 spiro atoms. The summed E-state index contributed by atoms with van der Waals surface area (Å²) in [6.45, 7) is 2.77. The smallest absolute Gasteiger partial charge is 0.270 e. The highest BCUT2D eigenvalue weighted by Crippen LogP contribution is 2.15. The normalized spacial score (nSPS) is 15.3. The number of aromatic nitrogens is 3. The van der Waals surface area contributed by atoms with E-state index in [1.807, 2.05) is 11.9 Å². The molecule has 1 aliphatic rings. The molecule has 1 fully saturated rings. The molecule has 2 aromatic rings. The number of amides is 1. The molecule has 7 nitrogen and oxygen atoms in total. The van der Waals surface area contributed by atoms with Crippen molar-refractivity contribution in [3.8, 4) is 0 Å². The SMILES string of the molecule is Cn1cc(N)cc1C(=O)N1CCN(c2ncccn2)CC1. The second-order valence-corrected chi connectivity index (χ2v) is 5.10. The maximum absolute atomic E-state index is 12.5. The second-order valence-electron chi connectivity index (χ2n) is 5.10. The van der Waals surface area contributed by atoms with Crippen molar-refractivity contribution in [2.24, 2.45) is 7.05 Å². The minimum Gasteiger partial charge on any atom is -0.397 e. The third-order valence-corrected chi connectivity index (χ3v) is 3.65. The van der Waals surface area contributed by atoms with Crippen LogP contribution in [0.5, 0.6) is 0 Å². The van der Waals surface area contributed by atoms with Gasteiger partial charge in [0, 0.05) is 51.8 Å². The molecule has 7 heteroatoms. The number of aryl methyl sites for hydroxylation is 1. The van der Waals surface area contributed by atoms with Crippen molar-refractivity contribution in [3.63, 3.8) is 0 Å². The molecule has 0 unspecified atom stereocenters. The monoisotopic (exact) mass is 286 g/mol. The molecule has 0 radical (unpaired) electrons. The molecule has 3 rings (SSSR count). The molecule has 0 atom stereocenters. The maximum atomic E-state index is 12.5.